The number of nitrogens with one attached hydrogen (secondary N) is 3. The van der Waals surface area contributed by atoms with Crippen LogP contribution in [0.1, 0.15) is 26.2 Å². The van der Waals surface area contributed by atoms with Crippen LogP contribution in [0.15, 0.2) is 4.99 Å². The molecule has 3 amide bonds. The standard InChI is InChI=1S/C16H31N7O5S/c1-9(21-14(26)10(5-7-29-2)22-12(24)8-17)13(25)23-11(15(27)28)4-3-6-20-16(18)19/h9-11H,3-8,17H2,1-2H3,(H,21,26)(H,22,24)(H,23,25)(H,27,28)(H4,18,19,20). The van der Waals surface area contributed by atoms with Crippen molar-refractivity contribution in [2.45, 2.75) is 44.3 Å². The molecule has 0 radical (unpaired) electrons. The van der Waals surface area contributed by atoms with Gasteiger partial charge in [-0.1, -0.05) is 0 Å². The summed E-state index contributed by atoms with van der Waals surface area (Å²) in [6.07, 6.45) is 2.67. The smallest absolute Gasteiger partial charge is 0.326 e. The quantitative estimate of drug-likeness (QED) is 0.0861. The van der Waals surface area contributed by atoms with Crippen LogP contribution in [-0.2, 0) is 19.2 Å². The van der Waals surface area contributed by atoms with Crippen molar-refractivity contribution in [1.82, 2.24) is 16.0 Å². The molecule has 0 aromatic carbocycles. The van der Waals surface area contributed by atoms with Crippen molar-refractivity contribution in [2.24, 2.45) is 22.2 Å². The third kappa shape index (κ3) is 11.8. The third-order valence-corrected chi connectivity index (χ3v) is 4.40. The minimum atomic E-state index is -1.21. The molecular formula is C16H31N7O5S. The molecule has 3 atom stereocenters. The van der Waals surface area contributed by atoms with Crippen LogP contribution in [0.5, 0.6) is 0 Å². The number of carboxylic acid groups (broad SMARTS) is 1. The zero-order chi connectivity index (χ0) is 22.4. The number of thioether (sulfide) groups is 1. The van der Waals surface area contributed by atoms with Crippen LogP contribution >= 0.6 is 11.8 Å². The first kappa shape index (κ1) is 26.5. The molecular weight excluding hydrogens is 402 g/mol. The maximum Gasteiger partial charge on any atom is 0.326 e. The Morgan fingerprint density at radius 1 is 1.03 bits per heavy atom. The minimum Gasteiger partial charge on any atom is -0.480 e. The van der Waals surface area contributed by atoms with Gasteiger partial charge in [0.05, 0.1) is 6.54 Å². The fourth-order valence-electron chi connectivity index (χ4n) is 2.19. The lowest BCUT2D eigenvalue weighted by atomic mass is 10.1. The number of hydrogen-bond donors (Lipinski definition) is 7. The highest BCUT2D eigenvalue weighted by molar-refractivity contribution is 7.98. The summed E-state index contributed by atoms with van der Waals surface area (Å²) in [5.41, 5.74) is 15.7. The number of carbonyl (C=O) groups excluding carboxylic acids is 3. The maximum atomic E-state index is 12.4. The highest BCUT2D eigenvalue weighted by atomic mass is 32.2. The molecule has 166 valence electrons. The molecule has 0 aliphatic rings. The molecule has 12 nitrogen and oxygen atoms in total. The van der Waals surface area contributed by atoms with E-state index in [2.05, 4.69) is 20.9 Å². The van der Waals surface area contributed by atoms with Crippen molar-refractivity contribution in [1.29, 1.82) is 0 Å². The van der Waals surface area contributed by atoms with Gasteiger partial charge >= 0.3 is 5.97 Å². The molecule has 0 aliphatic carbocycles. The third-order valence-electron chi connectivity index (χ3n) is 3.76. The Bertz CT molecular complexity index is 598. The van der Waals surface area contributed by atoms with Gasteiger partial charge in [0.25, 0.3) is 0 Å². The van der Waals surface area contributed by atoms with Crippen molar-refractivity contribution in [3.8, 4) is 0 Å². The molecule has 0 saturated heterocycles. The van der Waals surface area contributed by atoms with Gasteiger partial charge in [-0.05, 0) is 38.2 Å². The lowest BCUT2D eigenvalue weighted by molar-refractivity contribution is -0.142. The van der Waals surface area contributed by atoms with Crippen LogP contribution < -0.4 is 33.2 Å². The molecule has 3 unspecified atom stereocenters. The Labute approximate surface area is 173 Å². The van der Waals surface area contributed by atoms with Gasteiger partial charge < -0.3 is 38.3 Å². The average Bonchev–Trinajstić information content (AvgIpc) is 2.66. The van der Waals surface area contributed by atoms with Gasteiger partial charge in [-0.3, -0.25) is 19.4 Å². The van der Waals surface area contributed by atoms with Gasteiger partial charge in [-0.25, -0.2) is 4.79 Å². The number of nitrogens with zero attached hydrogens (tertiary/aromatic N) is 1. The molecule has 13 heteroatoms. The van der Waals surface area contributed by atoms with Crippen molar-refractivity contribution >= 4 is 41.4 Å². The number of guanidine groups is 1. The number of aliphatic imine (C=N–C) groups is 1. The summed E-state index contributed by atoms with van der Waals surface area (Å²) in [5, 5.41) is 16.6. The fourth-order valence-corrected chi connectivity index (χ4v) is 2.67. The van der Waals surface area contributed by atoms with Gasteiger partial charge in [0.2, 0.25) is 17.7 Å². The van der Waals surface area contributed by atoms with Crippen LogP contribution in [0.4, 0.5) is 0 Å². The molecule has 0 aromatic heterocycles. The molecule has 0 fully saturated rings. The summed E-state index contributed by atoms with van der Waals surface area (Å²) in [6.45, 7) is 1.38. The number of aliphatic carboxylic acids is 1. The van der Waals surface area contributed by atoms with Crippen molar-refractivity contribution < 1.29 is 24.3 Å². The van der Waals surface area contributed by atoms with Crippen molar-refractivity contribution in [3.05, 3.63) is 0 Å². The summed E-state index contributed by atoms with van der Waals surface area (Å²) in [4.78, 5) is 51.3. The van der Waals surface area contributed by atoms with Gasteiger partial charge in [-0.2, -0.15) is 11.8 Å². The Kier molecular flexibility index (Phi) is 13.2. The summed E-state index contributed by atoms with van der Waals surface area (Å²) < 4.78 is 0. The summed E-state index contributed by atoms with van der Waals surface area (Å²) in [6, 6.07) is -3.00. The van der Waals surface area contributed by atoms with Crippen LogP contribution in [-0.4, -0.2) is 78.0 Å². The van der Waals surface area contributed by atoms with Crippen LogP contribution in [0.2, 0.25) is 0 Å². The number of amides is 3. The normalized spacial score (nSPS) is 13.5. The average molecular weight is 434 g/mol. The first-order valence-electron chi connectivity index (χ1n) is 8.99. The highest BCUT2D eigenvalue weighted by Crippen LogP contribution is 2.03. The number of carbonyl (C=O) groups is 4. The second-order valence-corrected chi connectivity index (χ2v) is 7.17. The van der Waals surface area contributed by atoms with E-state index in [9.17, 15) is 24.3 Å². The molecule has 0 heterocycles. The topological polar surface area (TPSA) is 215 Å². The first-order chi connectivity index (χ1) is 13.6. The van der Waals surface area contributed by atoms with E-state index in [0.29, 0.717) is 18.6 Å². The SMILES string of the molecule is CSCCC(NC(=O)CN)C(=O)NC(C)C(=O)NC(CCCN=C(N)N)C(=O)O. The Morgan fingerprint density at radius 3 is 2.21 bits per heavy atom. The highest BCUT2D eigenvalue weighted by Gasteiger charge is 2.26. The van der Waals surface area contributed by atoms with E-state index in [-0.39, 0.29) is 25.5 Å². The predicted molar refractivity (Wildman–Crippen MR) is 111 cm³/mol. The van der Waals surface area contributed by atoms with Gasteiger partial charge in [0.1, 0.15) is 18.1 Å². The molecule has 0 rings (SSSR count). The van der Waals surface area contributed by atoms with E-state index < -0.39 is 41.8 Å². The molecule has 10 N–H and O–H groups in total. The van der Waals surface area contributed by atoms with Gasteiger partial charge in [0, 0.05) is 6.54 Å². The van der Waals surface area contributed by atoms with Crippen LogP contribution in [0, 0.1) is 0 Å². The zero-order valence-corrected chi connectivity index (χ0v) is 17.5. The van der Waals surface area contributed by atoms with Gasteiger partial charge in [0.15, 0.2) is 5.96 Å². The summed E-state index contributed by atoms with van der Waals surface area (Å²) in [5.74, 6) is -2.41. The van der Waals surface area contributed by atoms with E-state index in [1.54, 1.807) is 0 Å². The van der Waals surface area contributed by atoms with E-state index in [0.717, 1.165) is 0 Å². The van der Waals surface area contributed by atoms with E-state index in [1.165, 1.54) is 18.7 Å². The lowest BCUT2D eigenvalue weighted by Gasteiger charge is -2.22. The molecule has 0 aliphatic heterocycles. The largest absolute Gasteiger partial charge is 0.480 e. The Hall–Kier alpha value is -2.54. The van der Waals surface area contributed by atoms with Crippen LogP contribution in [0.3, 0.4) is 0 Å². The first-order valence-corrected chi connectivity index (χ1v) is 10.4. The van der Waals surface area contributed by atoms with E-state index in [4.69, 9.17) is 17.2 Å². The second kappa shape index (κ2) is 14.5. The summed E-state index contributed by atoms with van der Waals surface area (Å²) >= 11 is 1.50. The van der Waals surface area contributed by atoms with Crippen molar-refractivity contribution in [2.75, 3.05) is 25.1 Å². The predicted octanol–water partition coefficient (Wildman–Crippen LogP) is -2.69. The number of nitrogens with two attached hydrogens (primary N) is 3. The second-order valence-electron chi connectivity index (χ2n) is 6.18. The molecule has 0 aromatic rings. The fraction of sp³-hybridized carbons (Fsp3) is 0.688. The Morgan fingerprint density at radius 2 is 1.69 bits per heavy atom. The van der Waals surface area contributed by atoms with E-state index >= 15 is 0 Å². The molecule has 0 bridgehead atoms. The van der Waals surface area contributed by atoms with Crippen LogP contribution in [0.25, 0.3) is 0 Å². The molecule has 29 heavy (non-hydrogen) atoms. The lowest BCUT2D eigenvalue weighted by Crippen LogP contribution is -2.55. The molecule has 0 spiro atoms. The van der Waals surface area contributed by atoms with Gasteiger partial charge in [-0.15, -0.1) is 0 Å². The van der Waals surface area contributed by atoms with Crippen molar-refractivity contribution in [3.63, 3.8) is 0 Å². The summed E-state index contributed by atoms with van der Waals surface area (Å²) in [7, 11) is 0. The zero-order valence-electron chi connectivity index (χ0n) is 16.6. The molecule has 0 saturated carbocycles. The number of rotatable bonds is 14. The number of hydrogen-bond acceptors (Lipinski definition) is 7. The number of carboxylic acids is 1. The van der Waals surface area contributed by atoms with E-state index in [1.807, 2.05) is 6.26 Å². The monoisotopic (exact) mass is 433 g/mol. The Balaban J connectivity index is 4.79. The maximum absolute atomic E-state index is 12.4. The minimum absolute atomic E-state index is 0.102.